The fraction of sp³-hybridized carbons (Fsp3) is 0.385. The molecule has 0 bridgehead atoms. The first-order valence-corrected chi connectivity index (χ1v) is 5.78. The van der Waals surface area contributed by atoms with Crippen molar-refractivity contribution in [2.45, 2.75) is 19.1 Å². The Bertz CT molecular complexity index is 410. The molecule has 1 aromatic rings. The van der Waals surface area contributed by atoms with E-state index in [2.05, 4.69) is 10.1 Å². The van der Waals surface area contributed by atoms with E-state index in [1.165, 1.54) is 7.11 Å². The zero-order valence-corrected chi connectivity index (χ0v) is 10.6. The van der Waals surface area contributed by atoms with Gasteiger partial charge in [0.2, 0.25) is 0 Å². The second-order valence-corrected chi connectivity index (χ2v) is 3.76. The number of halogens is 1. The van der Waals surface area contributed by atoms with Gasteiger partial charge in [0.25, 0.3) is 0 Å². The number of esters is 1. The third-order valence-corrected chi connectivity index (χ3v) is 2.39. The highest BCUT2D eigenvalue weighted by molar-refractivity contribution is 5.81. The van der Waals surface area contributed by atoms with Crippen LogP contribution in [0.25, 0.3) is 0 Å². The molecular weight excluding hydrogens is 253 g/mol. The number of carbonyl (C=O) groups excluding carboxylic acids is 2. The van der Waals surface area contributed by atoms with Gasteiger partial charge in [-0.3, -0.25) is 4.39 Å². The van der Waals surface area contributed by atoms with Crippen LogP contribution in [0.2, 0.25) is 0 Å². The molecule has 1 rings (SSSR count). The number of ether oxygens (including phenoxy) is 2. The van der Waals surface area contributed by atoms with Crippen molar-refractivity contribution in [1.82, 2.24) is 5.32 Å². The summed E-state index contributed by atoms with van der Waals surface area (Å²) >= 11 is 0. The summed E-state index contributed by atoms with van der Waals surface area (Å²) in [5, 5.41) is 2.26. The molecule has 1 unspecified atom stereocenters. The summed E-state index contributed by atoms with van der Waals surface area (Å²) in [6, 6.07) is 8.05. The SMILES string of the molecule is COC(=O)C(CCF)NC(=O)OCc1ccccc1. The van der Waals surface area contributed by atoms with Gasteiger partial charge in [-0.05, 0) is 5.56 Å². The van der Waals surface area contributed by atoms with Crippen molar-refractivity contribution < 1.29 is 23.5 Å². The smallest absolute Gasteiger partial charge is 0.408 e. The van der Waals surface area contributed by atoms with Gasteiger partial charge >= 0.3 is 12.1 Å². The third kappa shape index (κ3) is 5.37. The highest BCUT2D eigenvalue weighted by atomic mass is 19.1. The summed E-state index contributed by atoms with van der Waals surface area (Å²) in [5.41, 5.74) is 0.817. The molecule has 19 heavy (non-hydrogen) atoms. The molecule has 1 amide bonds. The molecule has 1 aromatic carbocycles. The Labute approximate surface area is 110 Å². The number of hydrogen-bond acceptors (Lipinski definition) is 4. The minimum Gasteiger partial charge on any atom is -0.467 e. The van der Waals surface area contributed by atoms with Gasteiger partial charge in [-0.1, -0.05) is 30.3 Å². The summed E-state index contributed by atoms with van der Waals surface area (Å²) in [7, 11) is 1.17. The van der Waals surface area contributed by atoms with E-state index < -0.39 is 24.8 Å². The average Bonchev–Trinajstić information content (AvgIpc) is 2.45. The molecule has 0 aromatic heterocycles. The van der Waals surface area contributed by atoms with Gasteiger partial charge < -0.3 is 14.8 Å². The molecule has 104 valence electrons. The van der Waals surface area contributed by atoms with E-state index in [1.54, 1.807) is 12.1 Å². The standard InChI is InChI=1S/C13H16FNO4/c1-18-12(16)11(7-8-14)15-13(17)19-9-10-5-3-2-4-6-10/h2-6,11H,7-9H2,1H3,(H,15,17). The van der Waals surface area contributed by atoms with Gasteiger partial charge in [-0.2, -0.15) is 0 Å². The Balaban J connectivity index is 2.42. The summed E-state index contributed by atoms with van der Waals surface area (Å²) in [4.78, 5) is 22.7. The van der Waals surface area contributed by atoms with E-state index >= 15 is 0 Å². The first kappa shape index (κ1) is 14.9. The van der Waals surface area contributed by atoms with Crippen molar-refractivity contribution >= 4 is 12.1 Å². The van der Waals surface area contributed by atoms with Crippen LogP contribution in [0.3, 0.4) is 0 Å². The molecule has 0 spiro atoms. The fourth-order valence-electron chi connectivity index (χ4n) is 1.41. The largest absolute Gasteiger partial charge is 0.467 e. The Kier molecular flexibility index (Phi) is 6.35. The van der Waals surface area contributed by atoms with Crippen molar-refractivity contribution in [1.29, 1.82) is 0 Å². The lowest BCUT2D eigenvalue weighted by atomic mass is 10.2. The van der Waals surface area contributed by atoms with Gasteiger partial charge in [0.05, 0.1) is 13.8 Å². The quantitative estimate of drug-likeness (QED) is 0.800. The van der Waals surface area contributed by atoms with Crippen LogP contribution in [-0.4, -0.2) is 31.9 Å². The Morgan fingerprint density at radius 2 is 2.00 bits per heavy atom. The van der Waals surface area contributed by atoms with Crippen LogP contribution in [0.5, 0.6) is 0 Å². The number of nitrogens with one attached hydrogen (secondary N) is 1. The lowest BCUT2D eigenvalue weighted by molar-refractivity contribution is -0.143. The predicted octanol–water partition coefficient (Wildman–Crippen LogP) is 1.81. The molecule has 0 radical (unpaired) electrons. The highest BCUT2D eigenvalue weighted by Crippen LogP contribution is 2.02. The molecule has 1 N–H and O–H groups in total. The minimum absolute atomic E-state index is 0.0796. The van der Waals surface area contributed by atoms with Gasteiger partial charge in [-0.25, -0.2) is 9.59 Å². The van der Waals surface area contributed by atoms with Crippen LogP contribution in [0.1, 0.15) is 12.0 Å². The van der Waals surface area contributed by atoms with Gasteiger partial charge in [0.15, 0.2) is 0 Å². The maximum absolute atomic E-state index is 12.2. The minimum atomic E-state index is -1.03. The van der Waals surface area contributed by atoms with E-state index in [-0.39, 0.29) is 13.0 Å². The normalized spacial score (nSPS) is 11.5. The van der Waals surface area contributed by atoms with E-state index in [1.807, 2.05) is 18.2 Å². The molecule has 0 fully saturated rings. The van der Waals surface area contributed by atoms with Crippen molar-refractivity contribution in [3.8, 4) is 0 Å². The summed E-state index contributed by atoms with van der Waals surface area (Å²) in [5.74, 6) is -0.700. The van der Waals surface area contributed by atoms with Crippen LogP contribution in [0.4, 0.5) is 9.18 Å². The van der Waals surface area contributed by atoms with Crippen molar-refractivity contribution in [2.24, 2.45) is 0 Å². The molecular formula is C13H16FNO4. The topological polar surface area (TPSA) is 64.6 Å². The zero-order chi connectivity index (χ0) is 14.1. The number of rotatable bonds is 6. The van der Waals surface area contributed by atoms with Crippen LogP contribution < -0.4 is 5.32 Å². The first-order chi connectivity index (χ1) is 9.17. The van der Waals surface area contributed by atoms with Crippen LogP contribution in [0, 0.1) is 0 Å². The maximum Gasteiger partial charge on any atom is 0.408 e. The monoisotopic (exact) mass is 269 g/mol. The molecule has 6 heteroatoms. The Morgan fingerprint density at radius 1 is 1.32 bits per heavy atom. The van der Waals surface area contributed by atoms with Gasteiger partial charge in [0.1, 0.15) is 12.6 Å². The third-order valence-electron chi connectivity index (χ3n) is 2.39. The first-order valence-electron chi connectivity index (χ1n) is 5.78. The van der Waals surface area contributed by atoms with E-state index in [9.17, 15) is 14.0 Å². The lowest BCUT2D eigenvalue weighted by Gasteiger charge is -2.14. The molecule has 5 nitrogen and oxygen atoms in total. The molecule has 1 atom stereocenters. The molecule has 0 heterocycles. The number of carbonyl (C=O) groups is 2. The van der Waals surface area contributed by atoms with E-state index in [0.717, 1.165) is 5.56 Å². The number of benzene rings is 1. The number of amides is 1. The van der Waals surface area contributed by atoms with Crippen LogP contribution in [-0.2, 0) is 20.9 Å². The maximum atomic E-state index is 12.2. The molecule has 0 aliphatic rings. The Hall–Kier alpha value is -2.11. The number of alkyl carbamates (subject to hydrolysis) is 1. The second kappa shape index (κ2) is 8.07. The highest BCUT2D eigenvalue weighted by Gasteiger charge is 2.21. The van der Waals surface area contributed by atoms with Gasteiger partial charge in [-0.15, -0.1) is 0 Å². The molecule has 0 saturated carbocycles. The number of alkyl halides is 1. The van der Waals surface area contributed by atoms with Crippen LogP contribution >= 0.6 is 0 Å². The van der Waals surface area contributed by atoms with Crippen LogP contribution in [0.15, 0.2) is 30.3 Å². The number of hydrogen-bond donors (Lipinski definition) is 1. The van der Waals surface area contributed by atoms with Crippen molar-refractivity contribution in [3.63, 3.8) is 0 Å². The zero-order valence-electron chi connectivity index (χ0n) is 10.6. The van der Waals surface area contributed by atoms with Gasteiger partial charge in [0, 0.05) is 6.42 Å². The van der Waals surface area contributed by atoms with Crippen molar-refractivity contribution in [2.75, 3.05) is 13.8 Å². The van der Waals surface area contributed by atoms with E-state index in [4.69, 9.17) is 4.74 Å². The molecule has 0 aliphatic carbocycles. The molecule has 0 aliphatic heterocycles. The average molecular weight is 269 g/mol. The van der Waals surface area contributed by atoms with E-state index in [0.29, 0.717) is 0 Å². The predicted molar refractivity (Wildman–Crippen MR) is 66.2 cm³/mol. The molecule has 0 saturated heterocycles. The second-order valence-electron chi connectivity index (χ2n) is 3.76. The summed E-state index contributed by atoms with van der Waals surface area (Å²) < 4.78 is 21.6. The Morgan fingerprint density at radius 3 is 2.58 bits per heavy atom. The summed E-state index contributed by atoms with van der Waals surface area (Å²) in [6.07, 6.45) is -0.930. The fourth-order valence-corrected chi connectivity index (χ4v) is 1.41. The number of methoxy groups -OCH3 is 1. The summed E-state index contributed by atoms with van der Waals surface area (Å²) in [6.45, 7) is -0.658. The lowest BCUT2D eigenvalue weighted by Crippen LogP contribution is -2.42. The van der Waals surface area contributed by atoms with Crippen molar-refractivity contribution in [3.05, 3.63) is 35.9 Å².